The SMILES string of the molecule is CCCC1c2ccccc2C(=O)N1[C@@H](COC(C)(C)C)c1ccccc1. The molecule has 0 fully saturated rings. The lowest BCUT2D eigenvalue weighted by molar-refractivity contribution is -0.0376. The van der Waals surface area contributed by atoms with Crippen LogP contribution in [0.2, 0.25) is 0 Å². The molecule has 3 rings (SSSR count). The fourth-order valence-electron chi connectivity index (χ4n) is 3.68. The zero-order valence-electron chi connectivity index (χ0n) is 16.2. The number of carbonyl (C=O) groups excluding carboxylic acids is 1. The van der Waals surface area contributed by atoms with Gasteiger partial charge in [-0.15, -0.1) is 0 Å². The largest absolute Gasteiger partial charge is 0.373 e. The quantitative estimate of drug-likeness (QED) is 0.684. The van der Waals surface area contributed by atoms with Gasteiger partial charge in [-0.25, -0.2) is 0 Å². The normalized spacial score (nSPS) is 18.1. The predicted molar refractivity (Wildman–Crippen MR) is 105 cm³/mol. The molecule has 0 spiro atoms. The number of rotatable bonds is 6. The van der Waals surface area contributed by atoms with E-state index >= 15 is 0 Å². The van der Waals surface area contributed by atoms with E-state index in [9.17, 15) is 4.79 Å². The maximum atomic E-state index is 13.3. The van der Waals surface area contributed by atoms with Gasteiger partial charge in [0.25, 0.3) is 5.91 Å². The van der Waals surface area contributed by atoms with E-state index in [4.69, 9.17) is 4.74 Å². The van der Waals surface area contributed by atoms with Crippen molar-refractivity contribution in [2.75, 3.05) is 6.61 Å². The van der Waals surface area contributed by atoms with Gasteiger partial charge in [0.1, 0.15) is 0 Å². The van der Waals surface area contributed by atoms with Crippen molar-refractivity contribution >= 4 is 5.91 Å². The number of hydrogen-bond donors (Lipinski definition) is 0. The lowest BCUT2D eigenvalue weighted by Gasteiger charge is -2.35. The second-order valence-corrected chi connectivity index (χ2v) is 7.95. The number of nitrogens with zero attached hydrogens (tertiary/aromatic N) is 1. The van der Waals surface area contributed by atoms with Crippen LogP contribution >= 0.6 is 0 Å². The maximum absolute atomic E-state index is 13.3. The summed E-state index contributed by atoms with van der Waals surface area (Å²) in [7, 11) is 0. The molecule has 0 saturated heterocycles. The Kier molecular flexibility index (Phi) is 5.47. The summed E-state index contributed by atoms with van der Waals surface area (Å²) in [5.41, 5.74) is 2.86. The van der Waals surface area contributed by atoms with Crippen LogP contribution in [0.25, 0.3) is 0 Å². The van der Waals surface area contributed by atoms with Crippen LogP contribution < -0.4 is 0 Å². The molecule has 2 atom stereocenters. The summed E-state index contributed by atoms with van der Waals surface area (Å²) in [5, 5.41) is 0. The van der Waals surface area contributed by atoms with Crippen LogP contribution in [0.3, 0.4) is 0 Å². The number of benzene rings is 2. The first-order valence-electron chi connectivity index (χ1n) is 9.53. The van der Waals surface area contributed by atoms with Gasteiger partial charge in [0.2, 0.25) is 0 Å². The van der Waals surface area contributed by atoms with Gasteiger partial charge in [-0.05, 0) is 44.4 Å². The Labute approximate surface area is 157 Å². The van der Waals surface area contributed by atoms with Gasteiger partial charge in [-0.1, -0.05) is 61.9 Å². The highest BCUT2D eigenvalue weighted by Crippen LogP contribution is 2.42. The van der Waals surface area contributed by atoms with E-state index in [2.05, 4.69) is 50.8 Å². The summed E-state index contributed by atoms with van der Waals surface area (Å²) in [5.74, 6) is 0.116. The van der Waals surface area contributed by atoms with Crippen molar-refractivity contribution < 1.29 is 9.53 Å². The van der Waals surface area contributed by atoms with E-state index < -0.39 is 0 Å². The minimum Gasteiger partial charge on any atom is -0.373 e. The van der Waals surface area contributed by atoms with Crippen LogP contribution in [0.15, 0.2) is 54.6 Å². The van der Waals surface area contributed by atoms with Crippen LogP contribution in [0.5, 0.6) is 0 Å². The van der Waals surface area contributed by atoms with E-state index in [-0.39, 0.29) is 23.6 Å². The van der Waals surface area contributed by atoms with Gasteiger partial charge in [-0.2, -0.15) is 0 Å². The van der Waals surface area contributed by atoms with E-state index in [1.165, 1.54) is 0 Å². The molecule has 1 amide bonds. The van der Waals surface area contributed by atoms with Crippen molar-refractivity contribution in [3.63, 3.8) is 0 Å². The van der Waals surface area contributed by atoms with E-state index in [1.54, 1.807) is 0 Å². The number of carbonyl (C=O) groups is 1. The Hall–Kier alpha value is -2.13. The molecule has 1 heterocycles. The minimum atomic E-state index is -0.247. The van der Waals surface area contributed by atoms with Crippen LogP contribution in [0.1, 0.15) is 74.1 Å². The molecule has 1 unspecified atom stereocenters. The molecule has 0 N–H and O–H groups in total. The summed E-state index contributed by atoms with van der Waals surface area (Å²) >= 11 is 0. The molecule has 0 radical (unpaired) electrons. The Morgan fingerprint density at radius 1 is 1.04 bits per heavy atom. The molecule has 2 aromatic rings. The molecule has 0 aliphatic carbocycles. The highest BCUT2D eigenvalue weighted by atomic mass is 16.5. The molecule has 3 nitrogen and oxygen atoms in total. The maximum Gasteiger partial charge on any atom is 0.255 e. The molecule has 0 saturated carbocycles. The monoisotopic (exact) mass is 351 g/mol. The molecular formula is C23H29NO2. The molecular weight excluding hydrogens is 322 g/mol. The lowest BCUT2D eigenvalue weighted by Crippen LogP contribution is -2.37. The van der Waals surface area contributed by atoms with Gasteiger partial charge < -0.3 is 9.64 Å². The average Bonchev–Trinajstić information content (AvgIpc) is 2.89. The molecule has 0 bridgehead atoms. The van der Waals surface area contributed by atoms with Gasteiger partial charge >= 0.3 is 0 Å². The first-order chi connectivity index (χ1) is 12.4. The smallest absolute Gasteiger partial charge is 0.255 e. The van der Waals surface area contributed by atoms with Crippen molar-refractivity contribution in [1.29, 1.82) is 0 Å². The third-order valence-electron chi connectivity index (χ3n) is 4.88. The summed E-state index contributed by atoms with van der Waals surface area (Å²) in [6, 6.07) is 18.3. The first kappa shape index (κ1) is 18.7. The van der Waals surface area contributed by atoms with Gasteiger partial charge in [0, 0.05) is 5.56 Å². The topological polar surface area (TPSA) is 29.5 Å². The number of fused-ring (bicyclic) bond motifs is 1. The van der Waals surface area contributed by atoms with Crippen molar-refractivity contribution in [3.8, 4) is 0 Å². The van der Waals surface area contributed by atoms with Crippen LogP contribution in [-0.4, -0.2) is 23.0 Å². The highest BCUT2D eigenvalue weighted by molar-refractivity contribution is 5.99. The molecule has 1 aliphatic rings. The third-order valence-corrected chi connectivity index (χ3v) is 4.88. The lowest BCUT2D eigenvalue weighted by atomic mass is 9.99. The van der Waals surface area contributed by atoms with Crippen LogP contribution in [0, 0.1) is 0 Å². The third kappa shape index (κ3) is 3.83. The van der Waals surface area contributed by atoms with Crippen LogP contribution in [0.4, 0.5) is 0 Å². The predicted octanol–water partition coefficient (Wildman–Crippen LogP) is 5.54. The van der Waals surface area contributed by atoms with E-state index in [0.717, 1.165) is 29.5 Å². The second-order valence-electron chi connectivity index (χ2n) is 7.95. The fraction of sp³-hybridized carbons (Fsp3) is 0.435. The zero-order chi connectivity index (χ0) is 18.7. The summed E-state index contributed by atoms with van der Waals surface area (Å²) in [4.78, 5) is 15.3. The van der Waals surface area contributed by atoms with Gasteiger partial charge in [0.05, 0.1) is 24.3 Å². The molecule has 26 heavy (non-hydrogen) atoms. The molecule has 3 heteroatoms. The first-order valence-corrected chi connectivity index (χ1v) is 9.53. The second kappa shape index (κ2) is 7.63. The number of ether oxygens (including phenoxy) is 1. The van der Waals surface area contributed by atoms with Crippen molar-refractivity contribution in [2.24, 2.45) is 0 Å². The minimum absolute atomic E-state index is 0.0909. The Morgan fingerprint density at radius 3 is 2.35 bits per heavy atom. The summed E-state index contributed by atoms with van der Waals surface area (Å²) < 4.78 is 6.14. The number of amides is 1. The Balaban J connectivity index is 2.00. The highest BCUT2D eigenvalue weighted by Gasteiger charge is 2.40. The van der Waals surface area contributed by atoms with Crippen molar-refractivity contribution in [3.05, 3.63) is 71.3 Å². The van der Waals surface area contributed by atoms with E-state index in [0.29, 0.717) is 6.61 Å². The van der Waals surface area contributed by atoms with Crippen molar-refractivity contribution in [2.45, 2.75) is 58.2 Å². The van der Waals surface area contributed by atoms with Gasteiger partial charge in [0.15, 0.2) is 0 Å². The molecule has 0 aromatic heterocycles. The fourth-order valence-corrected chi connectivity index (χ4v) is 3.68. The van der Waals surface area contributed by atoms with Crippen LogP contribution in [-0.2, 0) is 4.74 Å². The zero-order valence-corrected chi connectivity index (χ0v) is 16.2. The number of hydrogen-bond acceptors (Lipinski definition) is 2. The summed E-state index contributed by atoms with van der Waals surface area (Å²) in [6.45, 7) is 8.83. The molecule has 1 aliphatic heterocycles. The standard InChI is InChI=1S/C23H29NO2/c1-5-11-20-18-14-9-10-15-19(18)22(25)24(20)21(16-26-23(2,3)4)17-12-7-6-8-13-17/h6-10,12-15,20-21H,5,11,16H2,1-4H3/t20?,21-/m0/s1. The molecule has 138 valence electrons. The Morgan fingerprint density at radius 2 is 1.69 bits per heavy atom. The van der Waals surface area contributed by atoms with Gasteiger partial charge in [-0.3, -0.25) is 4.79 Å². The van der Waals surface area contributed by atoms with E-state index in [1.807, 2.05) is 36.4 Å². The Bertz CT molecular complexity index is 748. The average molecular weight is 351 g/mol. The summed E-state index contributed by atoms with van der Waals surface area (Å²) in [6.07, 6.45) is 1.99. The molecule has 2 aromatic carbocycles. The van der Waals surface area contributed by atoms with Crippen molar-refractivity contribution in [1.82, 2.24) is 4.90 Å².